The summed E-state index contributed by atoms with van der Waals surface area (Å²) in [5.74, 6) is 0.512. The number of rotatable bonds is 5. The Balaban J connectivity index is 1.31. The molecule has 0 bridgehead atoms. The number of hydrogen-bond donors (Lipinski definition) is 3. The molecule has 1 unspecified atom stereocenters. The molecule has 5 N–H and O–H groups in total. The van der Waals surface area contributed by atoms with Crippen molar-refractivity contribution in [2.45, 2.75) is 19.1 Å². The van der Waals surface area contributed by atoms with Gasteiger partial charge >= 0.3 is 0 Å². The Bertz CT molecular complexity index is 1300. The Labute approximate surface area is 190 Å². The molecule has 0 saturated carbocycles. The number of nitrogens with zero attached hydrogens (tertiary/aromatic N) is 4. The minimum absolute atomic E-state index is 0.0631. The van der Waals surface area contributed by atoms with Gasteiger partial charge in [0.15, 0.2) is 0 Å². The van der Waals surface area contributed by atoms with Crippen LogP contribution in [0.1, 0.15) is 11.3 Å². The van der Waals surface area contributed by atoms with E-state index in [9.17, 15) is 4.79 Å². The molecule has 32 heavy (non-hydrogen) atoms. The lowest BCUT2D eigenvalue weighted by molar-refractivity contribution is -0.140. The molecule has 164 valence electrons. The lowest BCUT2D eigenvalue weighted by Crippen LogP contribution is -2.58. The zero-order valence-electron chi connectivity index (χ0n) is 17.5. The van der Waals surface area contributed by atoms with Crippen LogP contribution < -0.4 is 11.5 Å². The van der Waals surface area contributed by atoms with Crippen LogP contribution in [0.5, 0.6) is 0 Å². The maximum absolute atomic E-state index is 13.1. The first-order chi connectivity index (χ1) is 15.5. The third kappa shape index (κ3) is 4.00. The summed E-state index contributed by atoms with van der Waals surface area (Å²) in [6.07, 6.45) is 1.45. The van der Waals surface area contributed by atoms with Crippen molar-refractivity contribution in [2.75, 3.05) is 25.4 Å². The van der Waals surface area contributed by atoms with Gasteiger partial charge < -0.3 is 21.4 Å². The number of nitrogens with two attached hydrogens (primary N) is 2. The number of nitrogens with one attached hydrogen (secondary N) is 1. The summed E-state index contributed by atoms with van der Waals surface area (Å²) >= 11 is 6.10. The van der Waals surface area contributed by atoms with Gasteiger partial charge in [-0.3, -0.25) is 9.69 Å². The average Bonchev–Trinajstić information content (AvgIpc) is 3.16. The summed E-state index contributed by atoms with van der Waals surface area (Å²) < 4.78 is 0. The van der Waals surface area contributed by atoms with Gasteiger partial charge in [0, 0.05) is 53.2 Å². The second kappa shape index (κ2) is 8.38. The first-order valence-electron chi connectivity index (χ1n) is 10.5. The molecular formula is C23H24ClN7O. The monoisotopic (exact) mass is 449 g/mol. The van der Waals surface area contributed by atoms with Gasteiger partial charge in [-0.2, -0.15) is 0 Å². The standard InChI is InChI=1S/C23H24ClN7O/c24-16-2-4-20-15(6-16)7-17(29-20)10-30-11-18(8-25)31(22(32)12-30)9-14-1-3-19-21(5-14)27-13-28-23(19)26/h1-7,13,18,29H,8-12,25H2,(H2,26,27,28). The van der Waals surface area contributed by atoms with Crippen LogP contribution in [-0.2, 0) is 17.9 Å². The Hall–Kier alpha value is -3.20. The topological polar surface area (TPSA) is 117 Å². The molecule has 1 amide bonds. The highest BCUT2D eigenvalue weighted by Gasteiger charge is 2.32. The van der Waals surface area contributed by atoms with Crippen LogP contribution in [0.25, 0.3) is 21.8 Å². The number of H-pyrrole nitrogens is 1. The summed E-state index contributed by atoms with van der Waals surface area (Å²) in [4.78, 5) is 28.8. The van der Waals surface area contributed by atoms with E-state index >= 15 is 0 Å². The first-order valence-corrected chi connectivity index (χ1v) is 10.9. The minimum Gasteiger partial charge on any atom is -0.383 e. The van der Waals surface area contributed by atoms with Crippen LogP contribution in [0.3, 0.4) is 0 Å². The van der Waals surface area contributed by atoms with Crippen LogP contribution in [0.15, 0.2) is 48.8 Å². The lowest BCUT2D eigenvalue weighted by Gasteiger charge is -2.40. The van der Waals surface area contributed by atoms with E-state index in [2.05, 4.69) is 25.9 Å². The number of amides is 1. The maximum Gasteiger partial charge on any atom is 0.237 e. The van der Waals surface area contributed by atoms with Crippen molar-refractivity contribution >= 4 is 45.1 Å². The number of aromatic amines is 1. The van der Waals surface area contributed by atoms with Crippen LogP contribution in [0.2, 0.25) is 5.02 Å². The Morgan fingerprint density at radius 3 is 2.84 bits per heavy atom. The van der Waals surface area contributed by atoms with E-state index in [-0.39, 0.29) is 11.9 Å². The minimum atomic E-state index is -0.0683. The number of nitrogen functional groups attached to an aromatic ring is 1. The molecule has 1 fully saturated rings. The molecule has 3 heterocycles. The van der Waals surface area contributed by atoms with Gasteiger partial charge in [-0.05, 0) is 42.0 Å². The molecule has 8 nitrogen and oxygen atoms in total. The highest BCUT2D eigenvalue weighted by Crippen LogP contribution is 2.23. The molecule has 2 aromatic heterocycles. The number of halogens is 1. The molecule has 4 aromatic rings. The van der Waals surface area contributed by atoms with Crippen LogP contribution in [-0.4, -0.2) is 56.3 Å². The van der Waals surface area contributed by atoms with Crippen molar-refractivity contribution in [1.29, 1.82) is 0 Å². The van der Waals surface area contributed by atoms with Gasteiger partial charge in [0.1, 0.15) is 12.1 Å². The van der Waals surface area contributed by atoms with E-state index in [1.807, 2.05) is 41.3 Å². The first kappa shape index (κ1) is 20.7. The smallest absolute Gasteiger partial charge is 0.237 e. The van der Waals surface area contributed by atoms with Gasteiger partial charge in [-0.1, -0.05) is 17.7 Å². The fraction of sp³-hybridized carbons (Fsp3) is 0.261. The second-order valence-corrected chi connectivity index (χ2v) is 8.65. The number of fused-ring (bicyclic) bond motifs is 2. The van der Waals surface area contributed by atoms with Crippen molar-refractivity contribution in [3.8, 4) is 0 Å². The summed E-state index contributed by atoms with van der Waals surface area (Å²) in [6, 6.07) is 13.6. The molecule has 0 spiro atoms. The molecule has 0 aliphatic carbocycles. The second-order valence-electron chi connectivity index (χ2n) is 8.22. The van der Waals surface area contributed by atoms with Crippen LogP contribution in [0.4, 0.5) is 5.82 Å². The Morgan fingerprint density at radius 1 is 1.12 bits per heavy atom. The largest absolute Gasteiger partial charge is 0.383 e. The molecule has 9 heteroatoms. The predicted molar refractivity (Wildman–Crippen MR) is 126 cm³/mol. The van der Waals surface area contributed by atoms with Crippen molar-refractivity contribution in [2.24, 2.45) is 5.73 Å². The maximum atomic E-state index is 13.1. The highest BCUT2D eigenvalue weighted by atomic mass is 35.5. The van der Waals surface area contributed by atoms with Crippen molar-refractivity contribution < 1.29 is 4.79 Å². The molecule has 2 aromatic carbocycles. The summed E-state index contributed by atoms with van der Waals surface area (Å²) in [6.45, 7) is 2.58. The fourth-order valence-electron chi connectivity index (χ4n) is 4.39. The van der Waals surface area contributed by atoms with Gasteiger partial charge in [0.05, 0.1) is 18.1 Å². The number of benzene rings is 2. The average molecular weight is 450 g/mol. The van der Waals surface area contributed by atoms with Crippen molar-refractivity contribution in [3.63, 3.8) is 0 Å². The Morgan fingerprint density at radius 2 is 2.00 bits per heavy atom. The van der Waals surface area contributed by atoms with Crippen LogP contribution >= 0.6 is 11.6 Å². The van der Waals surface area contributed by atoms with Crippen molar-refractivity contribution in [1.82, 2.24) is 24.8 Å². The summed E-state index contributed by atoms with van der Waals surface area (Å²) in [5.41, 5.74) is 15.8. The van der Waals surface area contributed by atoms with E-state index in [1.165, 1.54) is 6.33 Å². The molecule has 1 aliphatic rings. The van der Waals surface area contributed by atoms with Gasteiger partial charge in [-0.25, -0.2) is 9.97 Å². The number of piperazine rings is 1. The third-order valence-corrected chi connectivity index (χ3v) is 6.21. The van der Waals surface area contributed by atoms with E-state index in [0.29, 0.717) is 43.6 Å². The molecule has 0 radical (unpaired) electrons. The van der Waals surface area contributed by atoms with Crippen molar-refractivity contribution in [3.05, 3.63) is 65.1 Å². The number of carbonyl (C=O) groups excluding carboxylic acids is 1. The number of hydrogen-bond acceptors (Lipinski definition) is 6. The Kier molecular flexibility index (Phi) is 5.42. The number of anilines is 1. The third-order valence-electron chi connectivity index (χ3n) is 5.98. The number of carbonyl (C=O) groups is 1. The van der Waals surface area contributed by atoms with Gasteiger partial charge in [0.25, 0.3) is 0 Å². The zero-order valence-corrected chi connectivity index (χ0v) is 18.2. The van der Waals surface area contributed by atoms with E-state index < -0.39 is 0 Å². The highest BCUT2D eigenvalue weighted by molar-refractivity contribution is 6.31. The molecular weight excluding hydrogens is 426 g/mol. The lowest BCUT2D eigenvalue weighted by atomic mass is 10.1. The molecule has 1 aliphatic heterocycles. The van der Waals surface area contributed by atoms with E-state index in [0.717, 1.165) is 33.1 Å². The fourth-order valence-corrected chi connectivity index (χ4v) is 4.58. The van der Waals surface area contributed by atoms with Crippen LogP contribution in [0, 0.1) is 0 Å². The molecule has 1 atom stereocenters. The summed E-state index contributed by atoms with van der Waals surface area (Å²) in [7, 11) is 0. The molecule has 1 saturated heterocycles. The van der Waals surface area contributed by atoms with Gasteiger partial charge in [0.2, 0.25) is 5.91 Å². The predicted octanol–water partition coefficient (Wildman–Crippen LogP) is 2.52. The zero-order chi connectivity index (χ0) is 22.2. The van der Waals surface area contributed by atoms with E-state index in [1.54, 1.807) is 0 Å². The summed E-state index contributed by atoms with van der Waals surface area (Å²) in [5, 5.41) is 2.58. The normalized spacial score (nSPS) is 17.5. The quantitative estimate of drug-likeness (QED) is 0.431. The van der Waals surface area contributed by atoms with Gasteiger partial charge in [-0.15, -0.1) is 0 Å². The molecule has 5 rings (SSSR count). The number of aromatic nitrogens is 3. The van der Waals surface area contributed by atoms with E-state index in [4.69, 9.17) is 23.1 Å². The SMILES string of the molecule is NCC1CN(Cc2cc3cc(Cl)ccc3[nH]2)CC(=O)N1Cc1ccc2c(N)ncnc2c1.